The van der Waals surface area contributed by atoms with Crippen molar-refractivity contribution in [1.82, 2.24) is 0 Å². The summed E-state index contributed by atoms with van der Waals surface area (Å²) < 4.78 is 5.18. The minimum absolute atomic E-state index is 1.00. The van der Waals surface area contributed by atoms with E-state index in [9.17, 15) is 0 Å². The predicted octanol–water partition coefficient (Wildman–Crippen LogP) is 3.30. The molecule has 0 bridgehead atoms. The first-order valence-corrected chi connectivity index (χ1v) is 5.87. The van der Waals surface area contributed by atoms with Crippen LogP contribution < -0.4 is 0 Å². The van der Waals surface area contributed by atoms with E-state index >= 15 is 0 Å². The molecule has 62 valence electrons. The van der Waals surface area contributed by atoms with Crippen LogP contribution in [0.25, 0.3) is 0 Å². The minimum Gasteiger partial charge on any atom is -0.468 e. The third-order valence-electron chi connectivity index (χ3n) is 1.25. The first-order chi connectivity index (χ1) is 5.43. The van der Waals surface area contributed by atoms with E-state index in [1.54, 1.807) is 6.26 Å². The van der Waals surface area contributed by atoms with Crippen molar-refractivity contribution in [3.05, 3.63) is 24.2 Å². The van der Waals surface area contributed by atoms with Crippen molar-refractivity contribution in [3.63, 3.8) is 0 Å². The summed E-state index contributed by atoms with van der Waals surface area (Å²) >= 11 is 5.30. The molecule has 0 unspecified atom stereocenters. The maximum Gasteiger partial charge on any atom is 0.113 e. The van der Waals surface area contributed by atoms with Gasteiger partial charge in [-0.2, -0.15) is 11.8 Å². The lowest BCUT2D eigenvalue weighted by Crippen LogP contribution is -1.81. The molecule has 0 spiro atoms. The highest BCUT2D eigenvalue weighted by Crippen LogP contribution is 2.13. The molecule has 1 rings (SSSR count). The number of halogens is 1. The molecule has 1 aromatic rings. The zero-order chi connectivity index (χ0) is 7.94. The Kier molecular flexibility index (Phi) is 4.79. The van der Waals surface area contributed by atoms with Crippen LogP contribution in [0.15, 0.2) is 22.8 Å². The number of rotatable bonds is 5. The Morgan fingerprint density at radius 2 is 2.45 bits per heavy atom. The van der Waals surface area contributed by atoms with Crippen molar-refractivity contribution in [1.29, 1.82) is 0 Å². The molecule has 0 saturated heterocycles. The molecule has 1 aromatic heterocycles. The fourth-order valence-electron chi connectivity index (χ4n) is 0.724. The van der Waals surface area contributed by atoms with E-state index in [2.05, 4.69) is 15.9 Å². The average molecular weight is 235 g/mol. The van der Waals surface area contributed by atoms with Crippen LogP contribution in [0.5, 0.6) is 0 Å². The summed E-state index contributed by atoms with van der Waals surface area (Å²) in [5, 5.41) is 1.10. The Bertz CT molecular complexity index is 174. The van der Waals surface area contributed by atoms with Crippen molar-refractivity contribution in [2.45, 2.75) is 12.2 Å². The summed E-state index contributed by atoms with van der Waals surface area (Å²) in [7, 11) is 0. The Morgan fingerprint density at radius 3 is 3.09 bits per heavy atom. The third-order valence-corrected chi connectivity index (χ3v) is 2.87. The lowest BCUT2D eigenvalue weighted by atomic mass is 10.5. The van der Waals surface area contributed by atoms with Crippen LogP contribution >= 0.6 is 27.7 Å². The lowest BCUT2D eigenvalue weighted by molar-refractivity contribution is 0.530. The van der Waals surface area contributed by atoms with Crippen LogP contribution in [0.2, 0.25) is 0 Å². The Morgan fingerprint density at radius 1 is 1.55 bits per heavy atom. The first-order valence-electron chi connectivity index (χ1n) is 3.59. The van der Waals surface area contributed by atoms with E-state index in [0.717, 1.165) is 16.8 Å². The molecule has 1 heterocycles. The average Bonchev–Trinajstić information content (AvgIpc) is 2.50. The standard InChI is InChI=1S/C8H11BrOS/c9-4-2-6-11-7-8-3-1-5-10-8/h1,3,5H,2,4,6-7H2. The summed E-state index contributed by atoms with van der Waals surface area (Å²) in [6.45, 7) is 0. The van der Waals surface area contributed by atoms with Gasteiger partial charge in [-0.3, -0.25) is 0 Å². The van der Waals surface area contributed by atoms with Crippen molar-refractivity contribution < 1.29 is 4.42 Å². The van der Waals surface area contributed by atoms with Gasteiger partial charge in [0.2, 0.25) is 0 Å². The fraction of sp³-hybridized carbons (Fsp3) is 0.500. The van der Waals surface area contributed by atoms with Gasteiger partial charge in [-0.1, -0.05) is 15.9 Å². The maximum atomic E-state index is 5.18. The first kappa shape index (κ1) is 9.20. The quantitative estimate of drug-likeness (QED) is 0.573. The Labute approximate surface area is 79.7 Å². The topological polar surface area (TPSA) is 13.1 Å². The highest BCUT2D eigenvalue weighted by atomic mass is 79.9. The van der Waals surface area contributed by atoms with Gasteiger partial charge in [0.25, 0.3) is 0 Å². The molecule has 0 aliphatic heterocycles. The molecule has 0 N–H and O–H groups in total. The lowest BCUT2D eigenvalue weighted by Gasteiger charge is -1.95. The predicted molar refractivity (Wildman–Crippen MR) is 53.3 cm³/mol. The van der Waals surface area contributed by atoms with Gasteiger partial charge >= 0.3 is 0 Å². The number of hydrogen-bond acceptors (Lipinski definition) is 2. The van der Waals surface area contributed by atoms with E-state index in [1.165, 1.54) is 12.2 Å². The molecule has 0 fully saturated rings. The molecule has 0 radical (unpaired) electrons. The molecule has 0 amide bonds. The van der Waals surface area contributed by atoms with E-state index in [-0.39, 0.29) is 0 Å². The van der Waals surface area contributed by atoms with E-state index in [1.807, 2.05) is 23.9 Å². The smallest absolute Gasteiger partial charge is 0.113 e. The summed E-state index contributed by atoms with van der Waals surface area (Å²) in [6, 6.07) is 3.95. The van der Waals surface area contributed by atoms with Gasteiger partial charge in [-0.15, -0.1) is 0 Å². The second kappa shape index (κ2) is 5.72. The maximum absolute atomic E-state index is 5.18. The van der Waals surface area contributed by atoms with E-state index < -0.39 is 0 Å². The van der Waals surface area contributed by atoms with Gasteiger partial charge in [0, 0.05) is 5.33 Å². The van der Waals surface area contributed by atoms with Crippen LogP contribution in [-0.2, 0) is 5.75 Å². The van der Waals surface area contributed by atoms with Crippen LogP contribution in [0, 0.1) is 0 Å². The number of thioether (sulfide) groups is 1. The van der Waals surface area contributed by atoms with E-state index in [0.29, 0.717) is 0 Å². The second-order valence-electron chi connectivity index (χ2n) is 2.17. The fourth-order valence-corrected chi connectivity index (χ4v) is 2.23. The number of alkyl halides is 1. The molecule has 11 heavy (non-hydrogen) atoms. The Hall–Kier alpha value is 0.110. The Balaban J connectivity index is 2.04. The van der Waals surface area contributed by atoms with Crippen molar-refractivity contribution in [2.24, 2.45) is 0 Å². The summed E-state index contributed by atoms with van der Waals surface area (Å²) in [6.07, 6.45) is 2.95. The van der Waals surface area contributed by atoms with Gasteiger partial charge in [-0.25, -0.2) is 0 Å². The minimum atomic E-state index is 1.00. The van der Waals surface area contributed by atoms with Crippen molar-refractivity contribution >= 4 is 27.7 Å². The zero-order valence-electron chi connectivity index (χ0n) is 6.25. The second-order valence-corrected chi connectivity index (χ2v) is 4.07. The molecule has 0 aromatic carbocycles. The third kappa shape index (κ3) is 3.87. The van der Waals surface area contributed by atoms with Crippen LogP contribution in [-0.4, -0.2) is 11.1 Å². The molecule has 0 atom stereocenters. The van der Waals surface area contributed by atoms with Crippen LogP contribution in [0.1, 0.15) is 12.2 Å². The molecular weight excluding hydrogens is 224 g/mol. The summed E-state index contributed by atoms with van der Waals surface area (Å²) in [4.78, 5) is 0. The number of hydrogen-bond donors (Lipinski definition) is 0. The van der Waals surface area contributed by atoms with Crippen LogP contribution in [0.4, 0.5) is 0 Å². The molecular formula is C8H11BrOS. The molecule has 0 aliphatic rings. The number of furan rings is 1. The van der Waals surface area contributed by atoms with Gasteiger partial charge in [0.1, 0.15) is 5.76 Å². The molecule has 3 heteroatoms. The van der Waals surface area contributed by atoms with Gasteiger partial charge in [0.15, 0.2) is 0 Å². The van der Waals surface area contributed by atoms with Crippen molar-refractivity contribution in [2.75, 3.05) is 11.1 Å². The highest BCUT2D eigenvalue weighted by molar-refractivity contribution is 9.09. The largest absolute Gasteiger partial charge is 0.468 e. The van der Waals surface area contributed by atoms with Gasteiger partial charge in [0.05, 0.1) is 12.0 Å². The summed E-state index contributed by atoms with van der Waals surface area (Å²) in [5.41, 5.74) is 0. The molecule has 1 nitrogen and oxygen atoms in total. The molecule has 0 saturated carbocycles. The SMILES string of the molecule is BrCCCSCc1ccco1. The van der Waals surface area contributed by atoms with Crippen molar-refractivity contribution in [3.8, 4) is 0 Å². The van der Waals surface area contributed by atoms with Gasteiger partial charge < -0.3 is 4.42 Å². The van der Waals surface area contributed by atoms with E-state index in [4.69, 9.17) is 4.42 Å². The highest BCUT2D eigenvalue weighted by Gasteiger charge is 1.94. The normalized spacial score (nSPS) is 10.3. The van der Waals surface area contributed by atoms with Gasteiger partial charge in [-0.05, 0) is 24.3 Å². The monoisotopic (exact) mass is 234 g/mol. The van der Waals surface area contributed by atoms with Crippen LogP contribution in [0.3, 0.4) is 0 Å². The summed E-state index contributed by atoms with van der Waals surface area (Å²) in [5.74, 6) is 3.27. The molecule has 0 aliphatic carbocycles. The zero-order valence-corrected chi connectivity index (χ0v) is 8.66.